The first kappa shape index (κ1) is 25.3. The van der Waals surface area contributed by atoms with Crippen LogP contribution >= 0.6 is 15.9 Å². The highest BCUT2D eigenvalue weighted by Gasteiger charge is 2.25. The molecule has 0 radical (unpaired) electrons. The second-order valence-electron chi connectivity index (χ2n) is 8.55. The van der Waals surface area contributed by atoms with Crippen LogP contribution < -0.4 is 5.32 Å². The Morgan fingerprint density at radius 1 is 1.17 bits per heavy atom. The molecule has 1 aliphatic rings. The van der Waals surface area contributed by atoms with E-state index in [-0.39, 0.29) is 5.92 Å². The molecule has 2 atom stereocenters. The molecule has 0 amide bonds. The maximum absolute atomic E-state index is 11.0. The van der Waals surface area contributed by atoms with Gasteiger partial charge in [-0.15, -0.1) is 0 Å². The number of benzene rings is 3. The van der Waals surface area contributed by atoms with E-state index in [1.807, 2.05) is 30.5 Å². The minimum Gasteiger partial charge on any atom is -0.341 e. The Balaban J connectivity index is 1.47. The second kappa shape index (κ2) is 11.8. The summed E-state index contributed by atoms with van der Waals surface area (Å²) in [5, 5.41) is 3.27. The monoisotopic (exact) mass is 548 g/mol. The van der Waals surface area contributed by atoms with Gasteiger partial charge < -0.3 is 5.32 Å². The predicted octanol–water partition coefficient (Wildman–Crippen LogP) is 7.26. The van der Waals surface area contributed by atoms with E-state index in [1.54, 1.807) is 0 Å². The molecule has 3 aromatic rings. The lowest BCUT2D eigenvalue weighted by Crippen LogP contribution is -2.12. The lowest BCUT2D eigenvalue weighted by molar-refractivity contribution is 0.355. The standard InChI is InChI=1S/C29H29BrN2O2S/c1-20-24(18-29(23-7-6-8-25(30)17-23)28-10-5-4-9-27(20)28)19-31-21(2)32-26-13-11-22(12-14-26)15-16-34-35(3)33/h4-14,17,19,29,32H,2,15-16,18H2,1,3H3/b31-19-. The molecule has 1 N–H and O–H groups in total. The molecule has 1 aliphatic carbocycles. The fourth-order valence-electron chi connectivity index (χ4n) is 4.35. The number of nitrogens with one attached hydrogen (secondary N) is 1. The van der Waals surface area contributed by atoms with Crippen LogP contribution in [-0.4, -0.2) is 23.3 Å². The van der Waals surface area contributed by atoms with Gasteiger partial charge >= 0.3 is 0 Å². The van der Waals surface area contributed by atoms with Gasteiger partial charge in [-0.25, -0.2) is 9.20 Å². The SMILES string of the molecule is C=C(/N=C\C1=C(C)c2ccccc2C(c2cccc(Br)c2)C1)Nc1ccc(CCOS(C)=O)cc1. The highest BCUT2D eigenvalue weighted by molar-refractivity contribution is 9.10. The van der Waals surface area contributed by atoms with Gasteiger partial charge in [-0.1, -0.05) is 71.0 Å². The van der Waals surface area contributed by atoms with E-state index >= 15 is 0 Å². The van der Waals surface area contributed by atoms with Crippen molar-refractivity contribution in [2.24, 2.45) is 4.99 Å². The number of aliphatic imine (C=N–C) groups is 1. The molecule has 3 aromatic carbocycles. The Kier molecular flexibility index (Phi) is 8.50. The largest absolute Gasteiger partial charge is 0.341 e. The fourth-order valence-corrected chi connectivity index (χ4v) is 5.09. The maximum atomic E-state index is 11.0. The molecule has 0 heterocycles. The van der Waals surface area contributed by atoms with E-state index in [9.17, 15) is 4.21 Å². The van der Waals surface area contributed by atoms with E-state index in [4.69, 9.17) is 4.18 Å². The molecule has 0 fully saturated rings. The zero-order chi connectivity index (χ0) is 24.8. The Hall–Kier alpha value is -2.80. The van der Waals surface area contributed by atoms with Crippen LogP contribution in [0.3, 0.4) is 0 Å². The Morgan fingerprint density at radius 2 is 1.94 bits per heavy atom. The average molecular weight is 550 g/mol. The molecule has 4 rings (SSSR count). The molecule has 0 aromatic heterocycles. The molecule has 2 unspecified atom stereocenters. The molecule has 35 heavy (non-hydrogen) atoms. The summed E-state index contributed by atoms with van der Waals surface area (Å²) in [6.07, 6.45) is 5.08. The number of anilines is 1. The summed E-state index contributed by atoms with van der Waals surface area (Å²) in [6.45, 7) is 6.70. The molecule has 0 saturated carbocycles. The first-order valence-corrected chi connectivity index (χ1v) is 13.8. The summed E-state index contributed by atoms with van der Waals surface area (Å²) < 4.78 is 17.2. The van der Waals surface area contributed by atoms with Crippen LogP contribution in [0, 0.1) is 0 Å². The lowest BCUT2D eigenvalue weighted by Gasteiger charge is -2.28. The molecule has 0 spiro atoms. The summed E-state index contributed by atoms with van der Waals surface area (Å²) in [4.78, 5) is 4.65. The molecular formula is C29H29BrN2O2S. The Morgan fingerprint density at radius 3 is 2.69 bits per heavy atom. The number of hydrogen-bond acceptors (Lipinski definition) is 4. The van der Waals surface area contributed by atoms with Gasteiger partial charge in [0.15, 0.2) is 11.1 Å². The molecule has 0 saturated heterocycles. The topological polar surface area (TPSA) is 50.7 Å². The first-order chi connectivity index (χ1) is 16.9. The number of rotatable bonds is 9. The van der Waals surface area contributed by atoms with Gasteiger partial charge in [-0.05, 0) is 77.4 Å². The van der Waals surface area contributed by atoms with Crippen molar-refractivity contribution in [1.82, 2.24) is 0 Å². The van der Waals surface area contributed by atoms with Gasteiger partial charge in [0.1, 0.15) is 5.82 Å². The van der Waals surface area contributed by atoms with Crippen LogP contribution in [0.4, 0.5) is 5.69 Å². The summed E-state index contributed by atoms with van der Waals surface area (Å²) in [7, 11) is 0. The molecule has 6 heteroatoms. The predicted molar refractivity (Wildman–Crippen MR) is 151 cm³/mol. The van der Waals surface area contributed by atoms with Gasteiger partial charge in [0.25, 0.3) is 0 Å². The summed E-state index contributed by atoms with van der Waals surface area (Å²) in [6, 6.07) is 25.2. The number of nitrogens with zero attached hydrogens (tertiary/aromatic N) is 1. The van der Waals surface area contributed by atoms with Crippen molar-refractivity contribution in [3.63, 3.8) is 0 Å². The van der Waals surface area contributed by atoms with Crippen LogP contribution in [0.2, 0.25) is 0 Å². The van der Waals surface area contributed by atoms with Gasteiger partial charge in [-0.3, -0.25) is 4.18 Å². The van der Waals surface area contributed by atoms with E-state index < -0.39 is 11.1 Å². The van der Waals surface area contributed by atoms with E-state index in [0.29, 0.717) is 18.8 Å². The Bertz CT molecular complexity index is 1300. The number of halogens is 1. The van der Waals surface area contributed by atoms with E-state index in [0.717, 1.165) is 22.1 Å². The third-order valence-electron chi connectivity index (χ3n) is 6.16. The minimum atomic E-state index is -1.23. The molecular weight excluding hydrogens is 520 g/mol. The molecule has 180 valence electrons. The zero-order valence-electron chi connectivity index (χ0n) is 20.0. The fraction of sp³-hybridized carbons (Fsp3) is 0.207. The smallest absolute Gasteiger partial charge is 0.152 e. The van der Waals surface area contributed by atoms with Crippen LogP contribution in [0.5, 0.6) is 0 Å². The zero-order valence-corrected chi connectivity index (χ0v) is 22.4. The van der Waals surface area contributed by atoms with Gasteiger partial charge in [0.2, 0.25) is 0 Å². The summed E-state index contributed by atoms with van der Waals surface area (Å²) in [5.41, 5.74) is 8.42. The van der Waals surface area contributed by atoms with E-state index in [1.165, 1.54) is 34.1 Å². The Labute approximate surface area is 218 Å². The highest BCUT2D eigenvalue weighted by Crippen LogP contribution is 2.42. The van der Waals surface area contributed by atoms with Gasteiger partial charge in [0.05, 0.1) is 6.61 Å². The van der Waals surface area contributed by atoms with Crippen molar-refractivity contribution in [3.05, 3.63) is 117 Å². The third kappa shape index (κ3) is 6.66. The number of allylic oxidation sites excluding steroid dienone is 2. The summed E-state index contributed by atoms with van der Waals surface area (Å²) >= 11 is 2.39. The highest BCUT2D eigenvalue weighted by atomic mass is 79.9. The molecule has 0 bridgehead atoms. The van der Waals surface area contributed by atoms with Crippen molar-refractivity contribution in [2.75, 3.05) is 18.2 Å². The molecule has 0 aliphatic heterocycles. The normalized spacial score (nSPS) is 16.3. The van der Waals surface area contributed by atoms with Crippen LogP contribution in [-0.2, 0) is 21.7 Å². The average Bonchev–Trinajstić information content (AvgIpc) is 2.84. The van der Waals surface area contributed by atoms with Crippen LogP contribution in [0.25, 0.3) is 5.57 Å². The minimum absolute atomic E-state index is 0.275. The lowest BCUT2D eigenvalue weighted by atomic mass is 9.76. The van der Waals surface area contributed by atoms with Crippen molar-refractivity contribution >= 4 is 44.5 Å². The third-order valence-corrected chi connectivity index (χ3v) is 7.15. The van der Waals surface area contributed by atoms with Crippen LogP contribution in [0.15, 0.2) is 100 Å². The van der Waals surface area contributed by atoms with Crippen molar-refractivity contribution in [3.8, 4) is 0 Å². The maximum Gasteiger partial charge on any atom is 0.152 e. The first-order valence-electron chi connectivity index (χ1n) is 11.5. The van der Waals surface area contributed by atoms with Crippen molar-refractivity contribution < 1.29 is 8.39 Å². The van der Waals surface area contributed by atoms with Gasteiger partial charge in [0, 0.05) is 28.5 Å². The van der Waals surface area contributed by atoms with E-state index in [2.05, 4.69) is 88.3 Å². The summed E-state index contributed by atoms with van der Waals surface area (Å²) in [5.74, 6) is 0.859. The van der Waals surface area contributed by atoms with Gasteiger partial charge in [-0.2, -0.15) is 0 Å². The number of hydrogen-bond donors (Lipinski definition) is 1. The number of fused-ring (bicyclic) bond motifs is 1. The van der Waals surface area contributed by atoms with Crippen LogP contribution in [0.1, 0.15) is 41.5 Å². The quantitative estimate of drug-likeness (QED) is 0.286. The van der Waals surface area contributed by atoms with Crippen molar-refractivity contribution in [1.29, 1.82) is 0 Å². The molecule has 4 nitrogen and oxygen atoms in total. The second-order valence-corrected chi connectivity index (χ2v) is 10.5. The van der Waals surface area contributed by atoms with Crippen molar-refractivity contribution in [2.45, 2.75) is 25.7 Å².